The number of aliphatic hydroxyl groups excluding tert-OH is 3. The summed E-state index contributed by atoms with van der Waals surface area (Å²) in [6.45, 7) is -0.513. The number of rotatable bonds is 3. The van der Waals surface area contributed by atoms with E-state index in [4.69, 9.17) is 19.8 Å². The van der Waals surface area contributed by atoms with Crippen LogP contribution in [-0.4, -0.2) is 71.7 Å². The number of ether oxygens (including phenoxy) is 1. The van der Waals surface area contributed by atoms with Crippen LogP contribution in [0.15, 0.2) is 12.7 Å². The lowest BCUT2D eigenvalue weighted by Crippen LogP contribution is -2.33. The summed E-state index contributed by atoms with van der Waals surface area (Å²) in [6.07, 6.45) is -2.99. The molecule has 2 aromatic heterocycles. The van der Waals surface area contributed by atoms with Crippen LogP contribution >= 0.6 is 0 Å². The van der Waals surface area contributed by atoms with Gasteiger partial charge in [-0.3, -0.25) is 14.5 Å². The van der Waals surface area contributed by atoms with Crippen molar-refractivity contribution in [3.05, 3.63) is 18.1 Å². The normalized spacial score (nSPS) is 28.5. The number of nitrogens with zero attached hydrogens (tertiary/aromatic N) is 4. The molecule has 1 fully saturated rings. The summed E-state index contributed by atoms with van der Waals surface area (Å²) in [7, 11) is -4.70. The van der Waals surface area contributed by atoms with E-state index in [0.717, 1.165) is 6.33 Å². The molecule has 126 valence electrons. The van der Waals surface area contributed by atoms with Crippen molar-refractivity contribution in [2.24, 2.45) is 0 Å². The Balaban J connectivity index is 2.12. The highest BCUT2D eigenvalue weighted by atomic mass is 32.2. The fourth-order valence-electron chi connectivity index (χ4n) is 2.39. The number of fused-ring (bicyclic) bond motifs is 1. The van der Waals surface area contributed by atoms with E-state index in [1.807, 2.05) is 0 Å². The van der Waals surface area contributed by atoms with Gasteiger partial charge in [-0.1, -0.05) is 0 Å². The van der Waals surface area contributed by atoms with Crippen molar-refractivity contribution in [1.82, 2.24) is 18.5 Å². The molecule has 0 aliphatic carbocycles. The van der Waals surface area contributed by atoms with Gasteiger partial charge in [0.2, 0.25) is 0 Å². The van der Waals surface area contributed by atoms with E-state index in [2.05, 4.69) is 9.97 Å². The fourth-order valence-corrected chi connectivity index (χ4v) is 2.87. The van der Waals surface area contributed by atoms with Gasteiger partial charge >= 0.3 is 10.3 Å². The monoisotopic (exact) mass is 347 g/mol. The Morgan fingerprint density at radius 2 is 1.96 bits per heavy atom. The van der Waals surface area contributed by atoms with Gasteiger partial charge in [-0.15, -0.1) is 0 Å². The average molecular weight is 347 g/mol. The number of aromatic nitrogens is 4. The summed E-state index contributed by atoms with van der Waals surface area (Å²) in [5.41, 5.74) is -0.796. The number of hydrogen-bond donors (Lipinski definition) is 5. The molecule has 12 nitrogen and oxygen atoms in total. The Hall–Kier alpha value is -1.90. The first-order chi connectivity index (χ1) is 10.8. The van der Waals surface area contributed by atoms with Crippen molar-refractivity contribution < 1.29 is 33.0 Å². The molecule has 0 saturated carbocycles. The topological polar surface area (TPSA) is 184 Å². The zero-order valence-electron chi connectivity index (χ0n) is 11.4. The number of hydrogen-bond acceptors (Lipinski definition) is 9. The van der Waals surface area contributed by atoms with E-state index in [-0.39, 0.29) is 15.1 Å². The Kier molecular flexibility index (Phi) is 3.70. The van der Waals surface area contributed by atoms with E-state index in [9.17, 15) is 18.6 Å². The minimum atomic E-state index is -4.70. The quantitative estimate of drug-likeness (QED) is 0.360. The molecular formula is C10H13N5O7S. The molecule has 0 unspecified atom stereocenters. The zero-order chi connectivity index (χ0) is 16.9. The van der Waals surface area contributed by atoms with Crippen molar-refractivity contribution in [2.45, 2.75) is 24.5 Å². The van der Waals surface area contributed by atoms with Crippen LogP contribution in [-0.2, 0) is 15.0 Å². The predicted octanol–water partition coefficient (Wildman–Crippen LogP) is -3.03. The lowest BCUT2D eigenvalue weighted by atomic mass is 10.1. The van der Waals surface area contributed by atoms with E-state index < -0.39 is 46.9 Å². The molecule has 2 aromatic rings. The van der Waals surface area contributed by atoms with Gasteiger partial charge in [0.15, 0.2) is 22.9 Å². The maximum absolute atomic E-state index is 11.1. The van der Waals surface area contributed by atoms with Crippen LogP contribution in [0.4, 0.5) is 0 Å². The molecule has 5 N–H and O–H groups in total. The molecule has 4 atom stereocenters. The molecule has 13 heteroatoms. The lowest BCUT2D eigenvalue weighted by molar-refractivity contribution is -0.0511. The van der Waals surface area contributed by atoms with Crippen LogP contribution in [0.3, 0.4) is 0 Å². The fraction of sp³-hybridized carbons (Fsp3) is 0.500. The van der Waals surface area contributed by atoms with Crippen LogP contribution in [0.5, 0.6) is 0 Å². The second-order valence-electron chi connectivity index (χ2n) is 4.92. The molecule has 1 saturated heterocycles. The average Bonchev–Trinajstić information content (AvgIpc) is 3.01. The maximum atomic E-state index is 11.1. The smallest absolute Gasteiger partial charge is 0.366 e. The van der Waals surface area contributed by atoms with Crippen LogP contribution in [0, 0.1) is 5.41 Å². The van der Waals surface area contributed by atoms with Crippen molar-refractivity contribution in [3.63, 3.8) is 0 Å². The molecule has 3 rings (SSSR count). The Morgan fingerprint density at radius 1 is 1.26 bits per heavy atom. The van der Waals surface area contributed by atoms with E-state index in [1.165, 1.54) is 4.57 Å². The summed E-state index contributed by atoms with van der Waals surface area (Å²) in [5, 5.41) is 36.6. The van der Waals surface area contributed by atoms with Crippen LogP contribution in [0.2, 0.25) is 0 Å². The summed E-state index contributed by atoms with van der Waals surface area (Å²) in [4.78, 5) is 7.62. The minimum absolute atomic E-state index is 0.00439. The molecule has 0 amide bonds. The van der Waals surface area contributed by atoms with E-state index >= 15 is 0 Å². The van der Waals surface area contributed by atoms with Gasteiger partial charge in [0, 0.05) is 0 Å². The predicted molar refractivity (Wildman–Crippen MR) is 71.3 cm³/mol. The van der Waals surface area contributed by atoms with E-state index in [0.29, 0.717) is 6.33 Å². The van der Waals surface area contributed by atoms with Crippen molar-refractivity contribution in [3.8, 4) is 0 Å². The molecule has 1 aliphatic heterocycles. The summed E-state index contributed by atoms with van der Waals surface area (Å²) >= 11 is 0. The lowest BCUT2D eigenvalue weighted by Gasteiger charge is -2.16. The van der Waals surface area contributed by atoms with Crippen molar-refractivity contribution in [1.29, 1.82) is 5.41 Å². The third-order valence-electron chi connectivity index (χ3n) is 3.54. The van der Waals surface area contributed by atoms with E-state index in [1.54, 1.807) is 0 Å². The van der Waals surface area contributed by atoms with Gasteiger partial charge in [-0.2, -0.15) is 12.4 Å². The summed E-state index contributed by atoms with van der Waals surface area (Å²) < 4.78 is 38.0. The van der Waals surface area contributed by atoms with Crippen molar-refractivity contribution >= 4 is 21.5 Å². The molecule has 23 heavy (non-hydrogen) atoms. The van der Waals surface area contributed by atoms with Gasteiger partial charge in [-0.25, -0.2) is 9.97 Å². The molecule has 0 bridgehead atoms. The van der Waals surface area contributed by atoms with Gasteiger partial charge in [0.05, 0.1) is 12.9 Å². The standard InChI is InChI=1S/C10H13N5O7S/c11-8-5-9(13-3-15(8)23(19,20)21)14(2-12-5)10-7(18)6(17)4(1-16)22-10/h2-4,6-7,10-11,16-18H,1H2,(H,19,20,21)/t4-,6-,7-,10-/m1/s1. The molecule has 3 heterocycles. The van der Waals surface area contributed by atoms with Crippen LogP contribution in [0.1, 0.15) is 6.23 Å². The number of aliphatic hydroxyl groups is 3. The Bertz CT molecular complexity index is 906. The van der Waals surface area contributed by atoms with Crippen LogP contribution < -0.4 is 5.49 Å². The first-order valence-electron chi connectivity index (χ1n) is 6.35. The highest BCUT2D eigenvalue weighted by molar-refractivity contribution is 7.84. The number of nitrogens with one attached hydrogen (secondary N) is 1. The zero-order valence-corrected chi connectivity index (χ0v) is 12.2. The third kappa shape index (κ3) is 2.43. The van der Waals surface area contributed by atoms with Crippen LogP contribution in [0.25, 0.3) is 11.2 Å². The highest BCUT2D eigenvalue weighted by Gasteiger charge is 2.44. The molecular weight excluding hydrogens is 334 g/mol. The largest absolute Gasteiger partial charge is 0.394 e. The van der Waals surface area contributed by atoms with Gasteiger partial charge in [-0.05, 0) is 0 Å². The highest BCUT2D eigenvalue weighted by Crippen LogP contribution is 2.30. The number of imidazole rings is 1. The van der Waals surface area contributed by atoms with Gasteiger partial charge < -0.3 is 20.1 Å². The molecule has 1 aliphatic rings. The first kappa shape index (κ1) is 16.0. The third-order valence-corrected chi connectivity index (χ3v) is 4.31. The summed E-state index contributed by atoms with van der Waals surface area (Å²) in [5.74, 6) is 0. The van der Waals surface area contributed by atoms with Gasteiger partial charge in [0.25, 0.3) is 0 Å². The Labute approximate surface area is 128 Å². The molecule has 0 radical (unpaired) electrons. The van der Waals surface area contributed by atoms with Crippen molar-refractivity contribution in [2.75, 3.05) is 6.61 Å². The summed E-state index contributed by atoms with van der Waals surface area (Å²) in [6, 6.07) is 0. The first-order valence-corrected chi connectivity index (χ1v) is 7.74. The Morgan fingerprint density at radius 3 is 2.52 bits per heavy atom. The van der Waals surface area contributed by atoms with Gasteiger partial charge in [0.1, 0.15) is 24.6 Å². The maximum Gasteiger partial charge on any atom is 0.366 e. The second-order valence-corrected chi connectivity index (χ2v) is 6.21. The second kappa shape index (κ2) is 5.33. The molecule has 0 aromatic carbocycles. The SMILES string of the molecule is N=c1c2ncn([C@@H]3O[C@H](CO)[C@@H](O)[C@H]3O)c2ncn1S(=O)(=O)O. The minimum Gasteiger partial charge on any atom is -0.394 e. The molecule has 0 spiro atoms.